The summed E-state index contributed by atoms with van der Waals surface area (Å²) in [5.74, 6) is -0.410. The molecule has 0 radical (unpaired) electrons. The summed E-state index contributed by atoms with van der Waals surface area (Å²) in [5, 5.41) is 8.75. The molecule has 2 atom stereocenters. The molecule has 0 saturated carbocycles. The summed E-state index contributed by atoms with van der Waals surface area (Å²) in [6.45, 7) is 4.69. The van der Waals surface area contributed by atoms with E-state index in [1.807, 2.05) is 60.7 Å². The fraction of sp³-hybridized carbons (Fsp3) is 0.379. The Morgan fingerprint density at radius 1 is 1.02 bits per heavy atom. The third kappa shape index (κ3) is 6.97. The van der Waals surface area contributed by atoms with Crippen molar-refractivity contribution in [3.8, 4) is 0 Å². The summed E-state index contributed by atoms with van der Waals surface area (Å²) < 4.78 is 4.93. The minimum absolute atomic E-state index is 0.0378. The average Bonchev–Trinajstić information content (AvgIpc) is 2.95. The maximum Gasteiger partial charge on any atom is 0.407 e. The smallest absolute Gasteiger partial charge is 0.407 e. The SMILES string of the molecule is C=CCOC(=O)NCCC[C@H]1C(=O)N(Cc2ccccc2)C[C@H]2N1C(=O)CN(C)N2C(=O)NCc1ccccc1. The molecule has 11 heteroatoms. The lowest BCUT2D eigenvalue weighted by Gasteiger charge is -2.54. The van der Waals surface area contributed by atoms with Gasteiger partial charge in [0.1, 0.15) is 18.8 Å². The number of carbonyl (C=O) groups excluding carboxylic acids is 4. The molecule has 2 aromatic carbocycles. The molecule has 0 unspecified atom stereocenters. The molecule has 0 aromatic heterocycles. The summed E-state index contributed by atoms with van der Waals surface area (Å²) in [6, 6.07) is 18.0. The molecule has 40 heavy (non-hydrogen) atoms. The van der Waals surface area contributed by atoms with Crippen molar-refractivity contribution in [1.82, 2.24) is 30.5 Å². The predicted octanol–water partition coefficient (Wildman–Crippen LogP) is 2.32. The van der Waals surface area contributed by atoms with Gasteiger partial charge in [-0.2, -0.15) is 0 Å². The highest BCUT2D eigenvalue weighted by Crippen LogP contribution is 2.28. The molecule has 0 spiro atoms. The third-order valence-corrected chi connectivity index (χ3v) is 6.91. The van der Waals surface area contributed by atoms with E-state index in [9.17, 15) is 19.2 Å². The van der Waals surface area contributed by atoms with Crippen molar-refractivity contribution in [1.29, 1.82) is 0 Å². The Labute approximate surface area is 234 Å². The van der Waals surface area contributed by atoms with Gasteiger partial charge in [0.15, 0.2) is 0 Å². The largest absolute Gasteiger partial charge is 0.445 e. The number of carbonyl (C=O) groups is 4. The van der Waals surface area contributed by atoms with Gasteiger partial charge in [-0.25, -0.2) is 19.6 Å². The second-order valence-corrected chi connectivity index (χ2v) is 9.76. The van der Waals surface area contributed by atoms with Crippen LogP contribution in [0, 0.1) is 0 Å². The van der Waals surface area contributed by atoms with Crippen LogP contribution >= 0.6 is 0 Å². The molecular weight excluding hydrogens is 512 g/mol. The van der Waals surface area contributed by atoms with E-state index in [0.29, 0.717) is 25.9 Å². The van der Waals surface area contributed by atoms with Crippen LogP contribution in [0.3, 0.4) is 0 Å². The molecule has 2 fully saturated rings. The normalized spacial score (nSPS) is 19.2. The highest BCUT2D eigenvalue weighted by molar-refractivity contribution is 5.91. The molecule has 2 heterocycles. The quantitative estimate of drug-likeness (QED) is 0.348. The van der Waals surface area contributed by atoms with Gasteiger partial charge in [-0.05, 0) is 24.0 Å². The van der Waals surface area contributed by atoms with Gasteiger partial charge in [0.2, 0.25) is 11.8 Å². The number of nitrogens with one attached hydrogen (secondary N) is 2. The van der Waals surface area contributed by atoms with Crippen LogP contribution in [0.1, 0.15) is 24.0 Å². The van der Waals surface area contributed by atoms with Crippen molar-refractivity contribution in [3.05, 3.63) is 84.4 Å². The van der Waals surface area contributed by atoms with Gasteiger partial charge in [0.05, 0.1) is 13.1 Å². The van der Waals surface area contributed by atoms with E-state index in [0.717, 1.165) is 11.1 Å². The molecule has 2 aromatic rings. The Balaban J connectivity index is 1.53. The van der Waals surface area contributed by atoms with Crippen LogP contribution < -0.4 is 10.6 Å². The second kappa shape index (κ2) is 13.6. The van der Waals surface area contributed by atoms with Gasteiger partial charge in [0, 0.05) is 26.7 Å². The zero-order valence-electron chi connectivity index (χ0n) is 22.7. The van der Waals surface area contributed by atoms with Gasteiger partial charge in [0.25, 0.3) is 0 Å². The number of piperazine rings is 1. The number of hydrogen-bond donors (Lipinski definition) is 2. The molecule has 0 bridgehead atoms. The molecule has 11 nitrogen and oxygen atoms in total. The first kappa shape index (κ1) is 28.6. The Hall–Kier alpha value is -4.38. The Morgan fingerprint density at radius 3 is 2.38 bits per heavy atom. The number of amides is 5. The van der Waals surface area contributed by atoms with E-state index in [4.69, 9.17) is 4.74 Å². The van der Waals surface area contributed by atoms with Crippen molar-refractivity contribution < 1.29 is 23.9 Å². The van der Waals surface area contributed by atoms with Gasteiger partial charge < -0.3 is 25.2 Å². The molecule has 0 aliphatic carbocycles. The van der Waals surface area contributed by atoms with Crippen LogP contribution in [0.15, 0.2) is 73.3 Å². The number of rotatable bonds is 10. The lowest BCUT2D eigenvalue weighted by Crippen LogP contribution is -2.75. The van der Waals surface area contributed by atoms with Crippen molar-refractivity contribution in [2.75, 3.05) is 33.3 Å². The highest BCUT2D eigenvalue weighted by atomic mass is 16.5. The molecule has 2 N–H and O–H groups in total. The first-order valence-electron chi connectivity index (χ1n) is 13.4. The molecule has 2 saturated heterocycles. The molecular formula is C29H36N6O5. The van der Waals surface area contributed by atoms with E-state index in [1.165, 1.54) is 11.1 Å². The van der Waals surface area contributed by atoms with Crippen molar-refractivity contribution >= 4 is 23.9 Å². The van der Waals surface area contributed by atoms with Crippen molar-refractivity contribution in [2.24, 2.45) is 0 Å². The number of benzene rings is 2. The fourth-order valence-electron chi connectivity index (χ4n) is 5.05. The maximum absolute atomic E-state index is 13.7. The van der Waals surface area contributed by atoms with E-state index in [1.54, 1.807) is 21.9 Å². The highest BCUT2D eigenvalue weighted by Gasteiger charge is 2.50. The summed E-state index contributed by atoms with van der Waals surface area (Å²) in [4.78, 5) is 55.6. The van der Waals surface area contributed by atoms with Gasteiger partial charge in [-0.3, -0.25) is 9.59 Å². The Bertz CT molecular complexity index is 1190. The summed E-state index contributed by atoms with van der Waals surface area (Å²) in [7, 11) is 1.70. The predicted molar refractivity (Wildman–Crippen MR) is 148 cm³/mol. The third-order valence-electron chi connectivity index (χ3n) is 6.91. The minimum Gasteiger partial charge on any atom is -0.445 e. The minimum atomic E-state index is -0.779. The van der Waals surface area contributed by atoms with E-state index >= 15 is 0 Å². The number of alkyl carbamates (subject to hydrolysis) is 1. The van der Waals surface area contributed by atoms with Crippen LogP contribution in [0.25, 0.3) is 0 Å². The zero-order chi connectivity index (χ0) is 28.5. The molecule has 212 valence electrons. The van der Waals surface area contributed by atoms with Crippen LogP contribution in [0.4, 0.5) is 9.59 Å². The number of likely N-dealkylation sites (N-methyl/N-ethyl adjacent to an activating group) is 1. The van der Waals surface area contributed by atoms with Crippen molar-refractivity contribution in [2.45, 2.75) is 38.1 Å². The van der Waals surface area contributed by atoms with Gasteiger partial charge >= 0.3 is 12.1 Å². The van der Waals surface area contributed by atoms with E-state index in [-0.39, 0.29) is 44.1 Å². The molecule has 5 amide bonds. The molecule has 2 aliphatic rings. The number of fused-ring (bicyclic) bond motifs is 1. The van der Waals surface area contributed by atoms with E-state index < -0.39 is 18.3 Å². The number of urea groups is 1. The number of ether oxygens (including phenoxy) is 1. The Morgan fingerprint density at radius 2 is 1.70 bits per heavy atom. The van der Waals surface area contributed by atoms with Crippen LogP contribution in [-0.2, 0) is 27.4 Å². The summed E-state index contributed by atoms with van der Waals surface area (Å²) in [5.41, 5.74) is 1.90. The van der Waals surface area contributed by atoms with Crippen LogP contribution in [-0.4, -0.2) is 89.3 Å². The summed E-state index contributed by atoms with van der Waals surface area (Å²) >= 11 is 0. The topological polar surface area (TPSA) is 115 Å². The lowest BCUT2D eigenvalue weighted by atomic mass is 10.0. The number of nitrogens with zero attached hydrogens (tertiary/aromatic N) is 4. The van der Waals surface area contributed by atoms with E-state index in [2.05, 4.69) is 17.2 Å². The first-order valence-corrected chi connectivity index (χ1v) is 13.4. The van der Waals surface area contributed by atoms with Crippen LogP contribution in [0.2, 0.25) is 0 Å². The standard InChI is InChI=1S/C29H36N6O5/c1-3-17-40-29(39)30-16-10-15-24-27(37)33(19-23-13-8-5-9-14-23)20-25-34(24)26(36)21-32(2)35(25)28(38)31-18-22-11-6-4-7-12-22/h3-9,11-14,24-25H,1,10,15-21H2,2H3,(H,30,39)(H,31,38)/t24-,25-/m0/s1. The Kier molecular flexibility index (Phi) is 9.74. The lowest BCUT2D eigenvalue weighted by molar-refractivity contribution is -0.188. The van der Waals surface area contributed by atoms with Crippen LogP contribution in [0.5, 0.6) is 0 Å². The molecule has 4 rings (SSSR count). The first-order chi connectivity index (χ1) is 19.4. The average molecular weight is 549 g/mol. The number of hydrazine groups is 1. The second-order valence-electron chi connectivity index (χ2n) is 9.76. The van der Waals surface area contributed by atoms with Crippen molar-refractivity contribution in [3.63, 3.8) is 0 Å². The number of hydrogen-bond acceptors (Lipinski definition) is 6. The monoisotopic (exact) mass is 548 g/mol. The summed E-state index contributed by atoms with van der Waals surface area (Å²) in [6.07, 6.45) is 0.972. The van der Waals surface area contributed by atoms with Gasteiger partial charge in [-0.15, -0.1) is 0 Å². The van der Waals surface area contributed by atoms with Gasteiger partial charge in [-0.1, -0.05) is 73.3 Å². The maximum atomic E-state index is 13.7. The zero-order valence-corrected chi connectivity index (χ0v) is 22.7. The fourth-order valence-corrected chi connectivity index (χ4v) is 5.05. The molecule has 2 aliphatic heterocycles.